The molecule has 4 heterocycles. The first-order valence-electron chi connectivity index (χ1n) is 22.7. The summed E-state index contributed by atoms with van der Waals surface area (Å²) in [5.41, 5.74) is 0.612. The maximum Gasteiger partial charge on any atom is 0.414 e. The predicted octanol–water partition coefficient (Wildman–Crippen LogP) is 5.97. The van der Waals surface area contributed by atoms with Crippen LogP contribution in [-0.2, 0) is 37.3 Å². The number of nitrogens with one attached hydrogen (secondary N) is 1. The normalized spacial score (nSPS) is 21.8. The minimum absolute atomic E-state index is 0.0529. The number of anilines is 3. The molecule has 71 heavy (non-hydrogen) atoms. The van der Waals surface area contributed by atoms with E-state index in [1.807, 2.05) is 4.90 Å². The number of ether oxygens (including phenoxy) is 2. The van der Waals surface area contributed by atoms with Crippen molar-refractivity contribution in [1.82, 2.24) is 29.9 Å². The molecule has 3 aromatic heterocycles. The van der Waals surface area contributed by atoms with Crippen LogP contribution in [0.4, 0.5) is 39.5 Å². The molecule has 24 heteroatoms. The van der Waals surface area contributed by atoms with Crippen LogP contribution < -0.4 is 19.9 Å². The molecule has 0 bridgehead atoms. The van der Waals surface area contributed by atoms with Gasteiger partial charge in [0, 0.05) is 104 Å². The standard InChI is InChI=1S/C22H20F2N6O2.C19H21F2N3O6S2.C6H10O/c1-9-26-5-10(6-27-9)32-22-28-16-3-11-15(25-2)4-14(23)19(24)17(11)18(16)21(29-22)30-7-12-13(8-30)20(12)31;1-19(2,3)30-18(25)24(4)12-8-10(20)15(21)13-9(12)7-11-14(13)16(31(5,26)27)23-17(22-11)32(6,28)29;7-6-4-2-1-3-5(4)6/h4-6,12-13,20,25,31H,3,7-8H2,1-2H3;8H,7H2,1-6H3;4-7H,1-3H2. The number of halogens is 4. The molecule has 1 saturated heterocycles. The van der Waals surface area contributed by atoms with Crippen molar-refractivity contribution in [2.45, 2.75) is 87.8 Å². The Bertz CT molecular complexity index is 3230. The molecule has 4 fully saturated rings. The molecule has 3 N–H and O–H groups in total. The van der Waals surface area contributed by atoms with Crippen LogP contribution in [0.1, 0.15) is 68.4 Å². The van der Waals surface area contributed by atoms with Gasteiger partial charge >= 0.3 is 12.1 Å². The van der Waals surface area contributed by atoms with Gasteiger partial charge in [-0.3, -0.25) is 4.90 Å². The maximum absolute atomic E-state index is 15.0. The van der Waals surface area contributed by atoms with Crippen LogP contribution in [0.25, 0.3) is 22.3 Å². The summed E-state index contributed by atoms with van der Waals surface area (Å²) in [5.74, 6) is -1.25. The van der Waals surface area contributed by atoms with E-state index in [1.54, 1.807) is 34.7 Å². The first kappa shape index (κ1) is 49.9. The molecule has 4 atom stereocenters. The third-order valence-corrected chi connectivity index (χ3v) is 15.3. The highest BCUT2D eigenvalue weighted by atomic mass is 32.2. The lowest BCUT2D eigenvalue weighted by Gasteiger charge is -2.26. The third kappa shape index (κ3) is 9.45. The van der Waals surface area contributed by atoms with Gasteiger partial charge in [-0.25, -0.2) is 59.1 Å². The van der Waals surface area contributed by atoms with E-state index in [-0.39, 0.29) is 64.5 Å². The van der Waals surface area contributed by atoms with Crippen molar-refractivity contribution in [3.05, 3.63) is 76.1 Å². The first-order valence-corrected chi connectivity index (χ1v) is 26.5. The van der Waals surface area contributed by atoms with Gasteiger partial charge in [0.05, 0.1) is 41.7 Å². The number of sulfone groups is 2. The summed E-state index contributed by atoms with van der Waals surface area (Å²) in [4.78, 5) is 40.4. The number of aliphatic hydroxyl groups excluding tert-OH is 2. The van der Waals surface area contributed by atoms with Gasteiger partial charge in [0.2, 0.25) is 15.0 Å². The lowest BCUT2D eigenvalue weighted by atomic mass is 10.0. The summed E-state index contributed by atoms with van der Waals surface area (Å²) in [6.07, 6.45) is 7.61. The summed E-state index contributed by atoms with van der Waals surface area (Å²) in [6, 6.07) is 2.04. The highest BCUT2D eigenvalue weighted by molar-refractivity contribution is 7.91. The van der Waals surface area contributed by atoms with E-state index >= 15 is 4.39 Å². The average molecular weight is 1030 g/mol. The number of carbonyl (C=O) groups is 1. The van der Waals surface area contributed by atoms with Gasteiger partial charge in [-0.1, -0.05) is 6.42 Å². The number of rotatable bonds is 7. The molecule has 378 valence electrons. The van der Waals surface area contributed by atoms with Crippen molar-refractivity contribution in [2.75, 3.05) is 54.8 Å². The van der Waals surface area contributed by atoms with Crippen LogP contribution in [0.5, 0.6) is 11.8 Å². The number of nitrogens with zero attached hydrogens (tertiary/aromatic N) is 8. The second kappa shape index (κ2) is 17.9. The number of aryl methyl sites for hydroxylation is 1. The number of fused-ring (bicyclic) bond motifs is 8. The fourth-order valence-corrected chi connectivity index (χ4v) is 11.3. The smallest absolute Gasteiger partial charge is 0.414 e. The molecule has 18 nitrogen and oxygen atoms in total. The monoisotopic (exact) mass is 1030 g/mol. The summed E-state index contributed by atoms with van der Waals surface area (Å²) in [5, 5.41) is 20.4. The third-order valence-electron chi connectivity index (χ3n) is 13.5. The number of amides is 1. The Hall–Kier alpha value is -6.11. The van der Waals surface area contributed by atoms with Gasteiger partial charge in [-0.2, -0.15) is 9.97 Å². The van der Waals surface area contributed by atoms with E-state index in [9.17, 15) is 39.9 Å². The molecular formula is C47H51F4N9O9S2. The zero-order valence-electron chi connectivity index (χ0n) is 39.9. The van der Waals surface area contributed by atoms with Crippen molar-refractivity contribution >= 4 is 43.0 Å². The Labute approximate surface area is 406 Å². The molecule has 4 unspecified atom stereocenters. The summed E-state index contributed by atoms with van der Waals surface area (Å²) in [6.45, 7) is 7.84. The van der Waals surface area contributed by atoms with E-state index in [2.05, 4.69) is 35.2 Å². The molecule has 1 aliphatic heterocycles. The van der Waals surface area contributed by atoms with Crippen LogP contribution in [0.2, 0.25) is 0 Å². The Morgan fingerprint density at radius 2 is 1.35 bits per heavy atom. The summed E-state index contributed by atoms with van der Waals surface area (Å²) < 4.78 is 119. The number of piperidine rings is 1. The molecule has 5 aliphatic carbocycles. The molecular weight excluding hydrogens is 975 g/mol. The van der Waals surface area contributed by atoms with Crippen molar-refractivity contribution in [1.29, 1.82) is 0 Å². The molecule has 0 radical (unpaired) electrons. The van der Waals surface area contributed by atoms with Crippen molar-refractivity contribution in [2.24, 2.45) is 23.7 Å². The second-order valence-corrected chi connectivity index (χ2v) is 23.5. The summed E-state index contributed by atoms with van der Waals surface area (Å²) in [7, 11) is -5.22. The van der Waals surface area contributed by atoms with Crippen molar-refractivity contribution < 1.29 is 58.9 Å². The van der Waals surface area contributed by atoms with Crippen LogP contribution in [0, 0.1) is 53.9 Å². The van der Waals surface area contributed by atoms with Gasteiger partial charge in [-0.05, 0) is 63.5 Å². The van der Waals surface area contributed by atoms with Gasteiger partial charge in [-0.15, -0.1) is 0 Å². The number of aromatic nitrogens is 6. The van der Waals surface area contributed by atoms with Crippen molar-refractivity contribution in [3.63, 3.8) is 0 Å². The molecule has 11 rings (SSSR count). The number of hydrogen-bond acceptors (Lipinski definition) is 17. The average Bonchev–Trinajstić information content (AvgIpc) is 3.75. The highest BCUT2D eigenvalue weighted by Crippen LogP contribution is 2.53. The Morgan fingerprint density at radius 1 is 0.789 bits per heavy atom. The van der Waals surface area contributed by atoms with Crippen LogP contribution in [-0.4, -0.2) is 121 Å². The number of aliphatic hydroxyl groups is 2. The molecule has 0 spiro atoms. The molecule has 5 aromatic rings. The minimum atomic E-state index is -4.17. The van der Waals surface area contributed by atoms with E-state index in [1.165, 1.54) is 38.7 Å². The van der Waals surface area contributed by atoms with Gasteiger partial charge in [0.25, 0.3) is 0 Å². The number of hydrogen-bond donors (Lipinski definition) is 3. The van der Waals surface area contributed by atoms with E-state index in [0.717, 1.165) is 41.4 Å². The van der Waals surface area contributed by atoms with E-state index in [0.29, 0.717) is 59.4 Å². The molecule has 2 aromatic carbocycles. The SMILES string of the molecule is CN(C(=O)OC(C)(C)C)c1cc(F)c(F)c2c1Cc1nc(S(C)(=O)=O)nc(S(C)(=O)=O)c1-2.CNc1cc(F)c(F)c2c1Cc1nc(Oc3cnc(C)nc3)nc(N3CC4C(O)C4C3)c1-2.OC1C2CCCC12. The zero-order valence-corrected chi connectivity index (χ0v) is 41.5. The molecule has 3 saturated carbocycles. The fraction of sp³-hybridized carbons (Fsp3) is 0.468. The predicted molar refractivity (Wildman–Crippen MR) is 250 cm³/mol. The lowest BCUT2D eigenvalue weighted by Crippen LogP contribution is -2.34. The summed E-state index contributed by atoms with van der Waals surface area (Å²) >= 11 is 0. The van der Waals surface area contributed by atoms with Gasteiger partial charge in [0.15, 0.2) is 43.9 Å². The largest absolute Gasteiger partial charge is 0.443 e. The Morgan fingerprint density at radius 3 is 1.90 bits per heavy atom. The van der Waals surface area contributed by atoms with Crippen LogP contribution in [0.3, 0.4) is 0 Å². The van der Waals surface area contributed by atoms with Crippen LogP contribution >= 0.6 is 0 Å². The van der Waals surface area contributed by atoms with Gasteiger partial charge in [0.1, 0.15) is 17.2 Å². The first-order chi connectivity index (χ1) is 33.2. The van der Waals surface area contributed by atoms with Gasteiger partial charge < -0.3 is 29.9 Å². The minimum Gasteiger partial charge on any atom is -0.443 e. The fourth-order valence-electron chi connectivity index (χ4n) is 9.88. The topological polar surface area (TPSA) is 240 Å². The molecule has 1 amide bonds. The number of carbonyl (C=O) groups excluding carboxylic acids is 1. The maximum atomic E-state index is 15.0. The quantitative estimate of drug-likeness (QED) is 0.0947. The van der Waals surface area contributed by atoms with E-state index < -0.39 is 70.4 Å². The number of benzene rings is 2. The van der Waals surface area contributed by atoms with Crippen molar-refractivity contribution in [3.8, 4) is 34.0 Å². The lowest BCUT2D eigenvalue weighted by molar-refractivity contribution is 0.0589. The second-order valence-electron chi connectivity index (χ2n) is 19.6. The zero-order chi connectivity index (χ0) is 51.4. The Balaban J connectivity index is 0.000000154. The Kier molecular flexibility index (Phi) is 12.6. The van der Waals surface area contributed by atoms with Crippen LogP contribution in [0.15, 0.2) is 34.7 Å². The highest BCUT2D eigenvalue weighted by Gasteiger charge is 2.56. The molecule has 6 aliphatic rings. The van der Waals surface area contributed by atoms with E-state index in [4.69, 9.17) is 14.6 Å².